The van der Waals surface area contributed by atoms with Gasteiger partial charge in [0.25, 0.3) is 0 Å². The summed E-state index contributed by atoms with van der Waals surface area (Å²) in [5.74, 6) is -6.75. The fraction of sp³-hybridized carbons (Fsp3) is 0.795. The maximum Gasteiger partial charge on any atom is 0.306 e. The van der Waals surface area contributed by atoms with Crippen molar-refractivity contribution in [3.8, 4) is 0 Å². The highest BCUT2D eigenvalue weighted by atomic mass is 32.1. The molecule has 32 heteroatoms. The van der Waals surface area contributed by atoms with Crippen molar-refractivity contribution in [1.29, 1.82) is 0 Å². The second-order valence-corrected chi connectivity index (χ2v) is 19.7. The third kappa shape index (κ3) is 27.6. The van der Waals surface area contributed by atoms with E-state index >= 15 is 0 Å². The molecule has 0 aliphatic carbocycles. The molecular weight excluding hydrogens is 1110 g/mol. The first-order valence-electron chi connectivity index (χ1n) is 20.8. The number of aliphatic hydroxyl groups excluding tert-OH is 7. The topological polar surface area (TPSA) is 405 Å². The van der Waals surface area contributed by atoms with E-state index in [0.717, 1.165) is 0 Å². The number of esters is 4. The van der Waals surface area contributed by atoms with E-state index in [1.165, 1.54) is 0 Å². The molecule has 0 saturated carbocycles. The number of ether oxygens (including phenoxy) is 5. The molecule has 416 valence electrons. The van der Waals surface area contributed by atoms with Gasteiger partial charge in [0.05, 0.1) is 108 Å². The molecule has 0 saturated heterocycles. The Labute approximate surface area is 453 Å². The highest BCUT2D eigenvalue weighted by Gasteiger charge is 2.64. The van der Waals surface area contributed by atoms with Crippen molar-refractivity contribution in [2.75, 3.05) is 89.1 Å². The lowest BCUT2D eigenvalue weighted by Crippen LogP contribution is -2.71. The predicted molar refractivity (Wildman–Crippen MR) is 277 cm³/mol. The van der Waals surface area contributed by atoms with Gasteiger partial charge in [0.1, 0.15) is 42.9 Å². The Hall–Kier alpha value is -1.76. The maximum atomic E-state index is 11.8. The zero-order valence-corrected chi connectivity index (χ0v) is 45.4. The van der Waals surface area contributed by atoms with Crippen molar-refractivity contribution in [2.45, 2.75) is 84.3 Å². The zero-order chi connectivity index (χ0) is 55.6. The average molecular weight is 1180 g/mol. The Morgan fingerprint density at radius 2 is 0.704 bits per heavy atom. The molecule has 0 radical (unpaired) electrons. The van der Waals surface area contributed by atoms with Crippen LogP contribution in [0.4, 0.5) is 0 Å². The van der Waals surface area contributed by atoms with Gasteiger partial charge in [-0.05, 0) is 0 Å². The molecule has 0 rings (SSSR count). The summed E-state index contributed by atoms with van der Waals surface area (Å²) in [6, 6.07) is 0. The molecular formula is C39H68O24S8. The third-order valence-electron chi connectivity index (χ3n) is 9.83. The van der Waals surface area contributed by atoms with Crippen LogP contribution in [0.25, 0.3) is 0 Å². The predicted octanol–water partition coefficient (Wildman–Crippen LogP) is -1.51. The van der Waals surface area contributed by atoms with Crippen LogP contribution < -0.4 is 0 Å². The fourth-order valence-electron chi connectivity index (χ4n) is 5.72. The van der Waals surface area contributed by atoms with Crippen molar-refractivity contribution in [1.82, 2.24) is 0 Å². The van der Waals surface area contributed by atoms with Crippen molar-refractivity contribution < 1.29 is 118 Å². The Bertz CT molecular complexity index is 1470. The van der Waals surface area contributed by atoms with Crippen LogP contribution >= 0.6 is 101 Å². The second kappa shape index (κ2) is 39.6. The lowest BCUT2D eigenvalue weighted by atomic mass is 9.63. The summed E-state index contributed by atoms with van der Waals surface area (Å²) < 4.78 is 26.6. The van der Waals surface area contributed by atoms with Gasteiger partial charge in [-0.15, -0.1) is 12.6 Å². The van der Waals surface area contributed by atoms with Gasteiger partial charge in [-0.3, -0.25) is 38.4 Å². The molecule has 0 amide bonds. The first-order chi connectivity index (χ1) is 33.2. The Balaban J connectivity index is -0.00000111. The van der Waals surface area contributed by atoms with Gasteiger partial charge >= 0.3 is 47.8 Å². The van der Waals surface area contributed by atoms with E-state index in [2.05, 4.69) is 101 Å². The minimum absolute atomic E-state index is 0.0670. The number of carbonyl (C=O) groups excluding carboxylic acids is 4. The van der Waals surface area contributed by atoms with E-state index in [0.29, 0.717) is 0 Å². The molecule has 0 spiro atoms. The van der Waals surface area contributed by atoms with E-state index in [4.69, 9.17) is 54.3 Å². The van der Waals surface area contributed by atoms with Crippen molar-refractivity contribution in [2.24, 2.45) is 16.2 Å². The first kappa shape index (κ1) is 73.5. The van der Waals surface area contributed by atoms with Gasteiger partial charge in [-0.1, -0.05) is 0 Å². The fourth-order valence-corrected chi connectivity index (χ4v) is 8.65. The molecule has 24 nitrogen and oxygen atoms in total. The number of rotatable bonds is 37. The first-order valence-corrected chi connectivity index (χ1v) is 25.4. The molecule has 11 N–H and O–H groups in total. The minimum Gasteiger partial charge on any atom is -0.481 e. The number of aliphatic hydroxyl groups is 7. The molecule has 5 unspecified atom stereocenters. The van der Waals surface area contributed by atoms with E-state index in [9.17, 15) is 63.9 Å². The molecule has 0 aromatic rings. The van der Waals surface area contributed by atoms with E-state index in [-0.39, 0.29) is 75.1 Å². The minimum atomic E-state index is -2.47. The molecule has 71 heavy (non-hydrogen) atoms. The van der Waals surface area contributed by atoms with E-state index in [1.54, 1.807) is 0 Å². The number of hydrogen-bond acceptors (Lipinski definition) is 28. The second-order valence-electron chi connectivity index (χ2n) is 15.4. The summed E-state index contributed by atoms with van der Waals surface area (Å²) in [7, 11) is 0. The Kier molecular flexibility index (Phi) is 41.0. The van der Waals surface area contributed by atoms with Crippen LogP contribution in [-0.4, -0.2) is 226 Å². The summed E-state index contributed by atoms with van der Waals surface area (Å²) >= 11 is 32.3. The summed E-state index contributed by atoms with van der Waals surface area (Å²) in [5, 5.41) is 97.8. The number of hydrogen-bond donors (Lipinski definition) is 19. The van der Waals surface area contributed by atoms with Crippen LogP contribution in [0.3, 0.4) is 0 Å². The lowest BCUT2D eigenvalue weighted by Gasteiger charge is -2.57. The van der Waals surface area contributed by atoms with Crippen LogP contribution in [0.2, 0.25) is 0 Å². The highest BCUT2D eigenvalue weighted by molar-refractivity contribution is 7.82. The van der Waals surface area contributed by atoms with Crippen molar-refractivity contribution in [3.05, 3.63) is 0 Å². The summed E-state index contributed by atoms with van der Waals surface area (Å²) in [5.41, 5.74) is -8.83. The highest BCUT2D eigenvalue weighted by Crippen LogP contribution is 2.51. The number of thiol groups is 8. The Morgan fingerprint density at radius 1 is 0.423 bits per heavy atom. The molecule has 0 aromatic carbocycles. The van der Waals surface area contributed by atoms with Gasteiger partial charge < -0.3 is 79.9 Å². The van der Waals surface area contributed by atoms with Gasteiger partial charge in [0.2, 0.25) is 0 Å². The molecule has 0 aromatic heterocycles. The van der Waals surface area contributed by atoms with E-state index < -0.39 is 162 Å². The molecule has 0 aliphatic heterocycles. The summed E-state index contributed by atoms with van der Waals surface area (Å²) in [4.78, 5) is 92.4. The number of carboxylic acids is 4. The third-order valence-corrected chi connectivity index (χ3v) is 12.6. The molecule has 0 aliphatic rings. The summed E-state index contributed by atoms with van der Waals surface area (Å²) in [6.07, 6.45) is -5.12. The lowest BCUT2D eigenvalue weighted by molar-refractivity contribution is -0.219. The number of carbonyl (C=O) groups is 8. The number of carboxylic acid groups (broad SMARTS) is 4. The van der Waals surface area contributed by atoms with Gasteiger partial charge in [0.15, 0.2) is 0 Å². The molecule has 0 bridgehead atoms. The Morgan fingerprint density at radius 3 is 0.915 bits per heavy atom. The van der Waals surface area contributed by atoms with E-state index in [1.807, 2.05) is 0 Å². The van der Waals surface area contributed by atoms with Crippen LogP contribution in [0.15, 0.2) is 0 Å². The van der Waals surface area contributed by atoms with Gasteiger partial charge in [0, 0.05) is 38.8 Å². The van der Waals surface area contributed by atoms with Crippen LogP contribution in [0, 0.1) is 16.2 Å². The monoisotopic (exact) mass is 1180 g/mol. The normalized spacial score (nSPS) is 14.5. The standard InChI is InChI=1S/C17H28O12S4.C17H28O8S4.C5H12O4/c18-5-16(6-19,15(28)7(30)1-10(20)21)17(8(31)2-11(22)23,9(32)3-12(24)25)29-14(33)4-13(26)27;18-13(1-5-26)22-9-17(10-23-14(19)2-6-27,11-24-15(20)3-7-28)12-25-16(21)4-8-29;6-1-5(2-7,3-8)4-9/h7-9,14-15,18-19,28,30-33H,1-6H2,(H,20,21)(H,22,23)(H,24,25)(H,26,27);26-29H,1-12H2;6-9H,1-4H2. The molecule has 0 heterocycles. The summed E-state index contributed by atoms with van der Waals surface area (Å²) in [6.45, 7) is -5.16. The molecule has 0 fully saturated rings. The molecule has 5 atom stereocenters. The van der Waals surface area contributed by atoms with Crippen LogP contribution in [0.1, 0.15) is 51.4 Å². The number of aliphatic carboxylic acids is 4. The van der Waals surface area contributed by atoms with Crippen molar-refractivity contribution >= 4 is 149 Å². The smallest absolute Gasteiger partial charge is 0.306 e. The average Bonchev–Trinajstić information content (AvgIpc) is 3.29. The van der Waals surface area contributed by atoms with Crippen LogP contribution in [-0.2, 0) is 62.0 Å². The van der Waals surface area contributed by atoms with Crippen LogP contribution in [0.5, 0.6) is 0 Å². The quantitative estimate of drug-likeness (QED) is 0.0146. The SMILES string of the molecule is O=C(CCS)OCC(COC(=O)CCS)(COC(=O)CCS)COC(=O)CCS.O=C(O)CC(S)OC(C(S)CC(=O)O)(C(S)CC(=O)O)C(CO)(CO)C(O)C(S)CC(=O)O.OCC(CO)(CO)CO. The zero-order valence-electron chi connectivity index (χ0n) is 38.2. The largest absolute Gasteiger partial charge is 0.481 e. The van der Waals surface area contributed by atoms with Gasteiger partial charge in [-0.2, -0.15) is 88.4 Å². The van der Waals surface area contributed by atoms with Crippen molar-refractivity contribution in [3.63, 3.8) is 0 Å². The maximum absolute atomic E-state index is 11.8. The van der Waals surface area contributed by atoms with Gasteiger partial charge in [-0.25, -0.2) is 0 Å².